The maximum atomic E-state index is 12.7. The van der Waals surface area contributed by atoms with E-state index in [1.54, 1.807) is 19.1 Å². The van der Waals surface area contributed by atoms with Gasteiger partial charge in [0.25, 0.3) is 0 Å². The third kappa shape index (κ3) is 5.96. The van der Waals surface area contributed by atoms with Crippen molar-refractivity contribution in [2.45, 2.75) is 13.5 Å². The zero-order valence-electron chi connectivity index (χ0n) is 10.7. The van der Waals surface area contributed by atoms with Gasteiger partial charge in [0.2, 0.25) is 5.91 Å². The first kappa shape index (κ1) is 15.1. The molecule has 19 heavy (non-hydrogen) atoms. The number of carbonyl (C=O) groups is 2. The van der Waals surface area contributed by atoms with Gasteiger partial charge in [0.05, 0.1) is 13.1 Å². The summed E-state index contributed by atoms with van der Waals surface area (Å²) in [6.45, 7) is 2.43. The van der Waals surface area contributed by atoms with Crippen molar-refractivity contribution in [3.8, 4) is 0 Å². The van der Waals surface area contributed by atoms with E-state index < -0.39 is 5.97 Å². The summed E-state index contributed by atoms with van der Waals surface area (Å²) in [5.74, 6) is -1.55. The summed E-state index contributed by atoms with van der Waals surface area (Å²) in [5.41, 5.74) is 0.788. The smallest absolute Gasteiger partial charge is 0.317 e. The first-order chi connectivity index (χ1) is 9.01. The molecule has 0 saturated carbocycles. The quantitative estimate of drug-likeness (QED) is 0.769. The van der Waals surface area contributed by atoms with E-state index in [1.807, 2.05) is 0 Å². The summed E-state index contributed by atoms with van der Waals surface area (Å²) in [4.78, 5) is 23.7. The summed E-state index contributed by atoms with van der Waals surface area (Å²) in [6, 6.07) is 5.82. The predicted molar refractivity (Wildman–Crippen MR) is 68.0 cm³/mol. The van der Waals surface area contributed by atoms with Gasteiger partial charge in [-0.1, -0.05) is 19.1 Å². The number of nitrogens with zero attached hydrogens (tertiary/aromatic N) is 1. The van der Waals surface area contributed by atoms with Crippen LogP contribution in [0.4, 0.5) is 4.39 Å². The molecule has 0 atom stereocenters. The second-order valence-corrected chi connectivity index (χ2v) is 4.10. The van der Waals surface area contributed by atoms with Crippen LogP contribution in [0.3, 0.4) is 0 Å². The summed E-state index contributed by atoms with van der Waals surface area (Å²) in [6.07, 6.45) is 0. The molecule has 0 saturated heterocycles. The standard InChI is InChI=1S/C13H17FN2O3/c1-2-16(9-13(18)19)8-12(17)15-7-10-3-5-11(14)6-4-10/h3-6H,2,7-9H2,1H3,(H,15,17)(H,18,19). The van der Waals surface area contributed by atoms with Crippen molar-refractivity contribution in [2.24, 2.45) is 0 Å². The van der Waals surface area contributed by atoms with Crippen LogP contribution in [0.25, 0.3) is 0 Å². The molecule has 0 heterocycles. The molecule has 5 nitrogen and oxygen atoms in total. The van der Waals surface area contributed by atoms with E-state index >= 15 is 0 Å². The zero-order valence-corrected chi connectivity index (χ0v) is 10.7. The largest absolute Gasteiger partial charge is 0.480 e. The monoisotopic (exact) mass is 268 g/mol. The van der Waals surface area contributed by atoms with Gasteiger partial charge in [-0.2, -0.15) is 0 Å². The predicted octanol–water partition coefficient (Wildman–Crippen LogP) is 0.848. The van der Waals surface area contributed by atoms with Crippen LogP contribution in [0.5, 0.6) is 0 Å². The average molecular weight is 268 g/mol. The Morgan fingerprint density at radius 2 is 1.89 bits per heavy atom. The molecule has 0 radical (unpaired) electrons. The number of benzene rings is 1. The second kappa shape index (κ2) is 7.48. The van der Waals surface area contributed by atoms with E-state index in [0.29, 0.717) is 13.1 Å². The molecule has 2 N–H and O–H groups in total. The summed E-state index contributed by atoms with van der Waals surface area (Å²) in [5, 5.41) is 11.3. The molecule has 0 aliphatic rings. The van der Waals surface area contributed by atoms with Gasteiger partial charge in [0.15, 0.2) is 0 Å². The lowest BCUT2D eigenvalue weighted by Crippen LogP contribution is -2.39. The lowest BCUT2D eigenvalue weighted by atomic mass is 10.2. The molecule has 6 heteroatoms. The zero-order chi connectivity index (χ0) is 14.3. The van der Waals surface area contributed by atoms with Crippen molar-refractivity contribution in [2.75, 3.05) is 19.6 Å². The number of halogens is 1. The molecule has 0 spiro atoms. The Kier molecular flexibility index (Phi) is 5.95. The maximum Gasteiger partial charge on any atom is 0.317 e. The molecular weight excluding hydrogens is 251 g/mol. The molecule has 0 fully saturated rings. The Labute approximate surface area is 111 Å². The maximum absolute atomic E-state index is 12.7. The van der Waals surface area contributed by atoms with Crippen molar-refractivity contribution < 1.29 is 19.1 Å². The lowest BCUT2D eigenvalue weighted by Gasteiger charge is -2.17. The van der Waals surface area contributed by atoms with Crippen LogP contribution in [0.2, 0.25) is 0 Å². The topological polar surface area (TPSA) is 69.6 Å². The Morgan fingerprint density at radius 3 is 2.42 bits per heavy atom. The van der Waals surface area contributed by atoms with Gasteiger partial charge >= 0.3 is 5.97 Å². The van der Waals surface area contributed by atoms with Crippen molar-refractivity contribution >= 4 is 11.9 Å². The Bertz CT molecular complexity index is 434. The Morgan fingerprint density at radius 1 is 1.26 bits per heavy atom. The van der Waals surface area contributed by atoms with Crippen LogP contribution in [-0.4, -0.2) is 41.5 Å². The number of likely N-dealkylation sites (N-methyl/N-ethyl adjacent to an activating group) is 1. The third-order valence-corrected chi connectivity index (χ3v) is 2.58. The highest BCUT2D eigenvalue weighted by atomic mass is 19.1. The van der Waals surface area contributed by atoms with E-state index in [2.05, 4.69) is 5.32 Å². The fraction of sp³-hybridized carbons (Fsp3) is 0.385. The van der Waals surface area contributed by atoms with Crippen LogP contribution in [0.1, 0.15) is 12.5 Å². The number of hydrogen-bond donors (Lipinski definition) is 2. The molecule has 0 bridgehead atoms. The molecular formula is C13H17FN2O3. The molecule has 104 valence electrons. The van der Waals surface area contributed by atoms with Crippen LogP contribution in [-0.2, 0) is 16.1 Å². The van der Waals surface area contributed by atoms with E-state index in [0.717, 1.165) is 5.56 Å². The molecule has 0 aromatic heterocycles. The van der Waals surface area contributed by atoms with Crippen molar-refractivity contribution in [1.29, 1.82) is 0 Å². The fourth-order valence-electron chi connectivity index (χ4n) is 1.53. The Hall–Kier alpha value is -1.95. The van der Waals surface area contributed by atoms with E-state index in [1.165, 1.54) is 17.0 Å². The highest BCUT2D eigenvalue weighted by molar-refractivity contribution is 5.79. The molecule has 1 aromatic carbocycles. The number of hydrogen-bond acceptors (Lipinski definition) is 3. The lowest BCUT2D eigenvalue weighted by molar-refractivity contribution is -0.138. The first-order valence-corrected chi connectivity index (χ1v) is 5.96. The molecule has 0 unspecified atom stereocenters. The van der Waals surface area contributed by atoms with Crippen molar-refractivity contribution in [3.63, 3.8) is 0 Å². The van der Waals surface area contributed by atoms with Crippen molar-refractivity contribution in [3.05, 3.63) is 35.6 Å². The van der Waals surface area contributed by atoms with E-state index in [9.17, 15) is 14.0 Å². The molecule has 0 aliphatic carbocycles. The Balaban J connectivity index is 2.38. The number of rotatable bonds is 7. The van der Waals surface area contributed by atoms with Crippen LogP contribution in [0.15, 0.2) is 24.3 Å². The van der Waals surface area contributed by atoms with Crippen LogP contribution >= 0.6 is 0 Å². The van der Waals surface area contributed by atoms with Crippen LogP contribution < -0.4 is 5.32 Å². The number of carbonyl (C=O) groups excluding carboxylic acids is 1. The number of carboxylic acid groups (broad SMARTS) is 1. The minimum atomic E-state index is -0.965. The second-order valence-electron chi connectivity index (χ2n) is 4.10. The van der Waals surface area contributed by atoms with E-state index in [-0.39, 0.29) is 24.8 Å². The average Bonchev–Trinajstić information content (AvgIpc) is 2.36. The molecule has 1 amide bonds. The van der Waals surface area contributed by atoms with Gasteiger partial charge in [-0.05, 0) is 24.2 Å². The number of carboxylic acids is 1. The molecule has 0 aliphatic heterocycles. The minimum Gasteiger partial charge on any atom is -0.480 e. The van der Waals surface area contributed by atoms with Gasteiger partial charge in [0.1, 0.15) is 5.82 Å². The third-order valence-electron chi connectivity index (χ3n) is 2.58. The van der Waals surface area contributed by atoms with E-state index in [4.69, 9.17) is 5.11 Å². The number of amides is 1. The normalized spacial score (nSPS) is 10.5. The van der Waals surface area contributed by atoms with Crippen LogP contribution in [0, 0.1) is 5.82 Å². The highest BCUT2D eigenvalue weighted by Gasteiger charge is 2.11. The number of nitrogens with one attached hydrogen (secondary N) is 1. The summed E-state index contributed by atoms with van der Waals surface area (Å²) >= 11 is 0. The van der Waals surface area contributed by atoms with Gasteiger partial charge in [-0.3, -0.25) is 14.5 Å². The van der Waals surface area contributed by atoms with Gasteiger partial charge in [0, 0.05) is 6.54 Å². The number of aliphatic carboxylic acids is 1. The summed E-state index contributed by atoms with van der Waals surface area (Å²) < 4.78 is 12.7. The summed E-state index contributed by atoms with van der Waals surface area (Å²) in [7, 11) is 0. The van der Waals surface area contributed by atoms with Gasteiger partial charge < -0.3 is 10.4 Å². The molecule has 1 aromatic rings. The fourth-order valence-corrected chi connectivity index (χ4v) is 1.53. The molecule has 1 rings (SSSR count). The first-order valence-electron chi connectivity index (χ1n) is 5.96. The highest BCUT2D eigenvalue weighted by Crippen LogP contribution is 2.02. The van der Waals surface area contributed by atoms with Crippen molar-refractivity contribution in [1.82, 2.24) is 10.2 Å². The van der Waals surface area contributed by atoms with Gasteiger partial charge in [-0.25, -0.2) is 4.39 Å². The van der Waals surface area contributed by atoms with Gasteiger partial charge in [-0.15, -0.1) is 0 Å². The minimum absolute atomic E-state index is 0.0317. The SMILES string of the molecule is CCN(CC(=O)O)CC(=O)NCc1ccc(F)cc1.